The molecule has 5 heteroatoms. The van der Waals surface area contributed by atoms with Gasteiger partial charge in [0.2, 0.25) is 5.91 Å². The van der Waals surface area contributed by atoms with Crippen molar-refractivity contribution in [1.82, 2.24) is 4.90 Å². The Bertz CT molecular complexity index is 499. The van der Waals surface area contributed by atoms with Crippen molar-refractivity contribution in [2.75, 3.05) is 19.0 Å². The molecule has 1 aromatic rings. The summed E-state index contributed by atoms with van der Waals surface area (Å²) >= 11 is 0. The highest BCUT2D eigenvalue weighted by Crippen LogP contribution is 2.27. The summed E-state index contributed by atoms with van der Waals surface area (Å²) in [7, 11) is 3.31. The molecule has 0 spiro atoms. The second-order valence-corrected chi connectivity index (χ2v) is 4.55. The number of fused-ring (bicyclic) bond motifs is 1. The minimum absolute atomic E-state index is 0.123. The number of carbonyl (C=O) groups is 2. The van der Waals surface area contributed by atoms with Crippen LogP contribution in [0.25, 0.3) is 0 Å². The van der Waals surface area contributed by atoms with Crippen LogP contribution in [0.5, 0.6) is 0 Å². The number of aryl methyl sites for hydroxylation is 1. The van der Waals surface area contributed by atoms with Crippen LogP contribution >= 0.6 is 0 Å². The van der Waals surface area contributed by atoms with E-state index in [1.165, 1.54) is 11.9 Å². The van der Waals surface area contributed by atoms with Crippen molar-refractivity contribution in [3.63, 3.8) is 0 Å². The van der Waals surface area contributed by atoms with Crippen LogP contribution in [-0.4, -0.2) is 36.1 Å². The zero-order valence-corrected chi connectivity index (χ0v) is 10.5. The molecule has 1 aromatic carbocycles. The fourth-order valence-electron chi connectivity index (χ4n) is 2.15. The number of anilines is 1. The number of rotatable bonds is 2. The zero-order valence-electron chi connectivity index (χ0n) is 10.5. The van der Waals surface area contributed by atoms with Gasteiger partial charge in [-0.2, -0.15) is 0 Å². The third-order valence-corrected chi connectivity index (χ3v) is 3.23. The lowest BCUT2D eigenvalue weighted by Gasteiger charge is -2.26. The van der Waals surface area contributed by atoms with E-state index in [1.807, 2.05) is 18.2 Å². The Morgan fingerprint density at radius 3 is 2.83 bits per heavy atom. The maximum absolute atomic E-state index is 11.5. The van der Waals surface area contributed by atoms with Gasteiger partial charge < -0.3 is 14.9 Å². The van der Waals surface area contributed by atoms with Gasteiger partial charge in [0, 0.05) is 32.7 Å². The number of nitrogens with zero attached hydrogens (tertiary/aromatic N) is 2. The maximum Gasteiger partial charge on any atom is 0.407 e. The van der Waals surface area contributed by atoms with E-state index in [4.69, 9.17) is 5.11 Å². The molecule has 1 N–H and O–H groups in total. The molecule has 0 fully saturated rings. The second-order valence-electron chi connectivity index (χ2n) is 4.55. The van der Waals surface area contributed by atoms with Crippen molar-refractivity contribution in [3.8, 4) is 0 Å². The van der Waals surface area contributed by atoms with Crippen LogP contribution < -0.4 is 4.90 Å². The molecule has 1 aliphatic rings. The van der Waals surface area contributed by atoms with Crippen LogP contribution in [0.2, 0.25) is 0 Å². The molecule has 0 saturated carbocycles. The summed E-state index contributed by atoms with van der Waals surface area (Å²) in [5, 5.41) is 8.83. The Morgan fingerprint density at radius 1 is 1.44 bits per heavy atom. The van der Waals surface area contributed by atoms with Crippen LogP contribution in [0.3, 0.4) is 0 Å². The Hall–Kier alpha value is -2.04. The smallest absolute Gasteiger partial charge is 0.407 e. The summed E-state index contributed by atoms with van der Waals surface area (Å²) in [6, 6.07) is 5.74. The average molecular weight is 248 g/mol. The van der Waals surface area contributed by atoms with E-state index in [9.17, 15) is 9.59 Å². The van der Waals surface area contributed by atoms with Gasteiger partial charge in [0.1, 0.15) is 0 Å². The van der Waals surface area contributed by atoms with E-state index in [2.05, 4.69) is 0 Å². The predicted molar refractivity (Wildman–Crippen MR) is 67.7 cm³/mol. The first kappa shape index (κ1) is 12.4. The lowest BCUT2D eigenvalue weighted by atomic mass is 9.99. The minimum Gasteiger partial charge on any atom is -0.465 e. The summed E-state index contributed by atoms with van der Waals surface area (Å²) in [5.41, 5.74) is 2.97. The molecule has 0 unspecified atom stereocenters. The van der Waals surface area contributed by atoms with Gasteiger partial charge in [-0.1, -0.05) is 12.1 Å². The molecule has 0 saturated heterocycles. The van der Waals surface area contributed by atoms with Crippen LogP contribution in [0.1, 0.15) is 17.5 Å². The molecule has 0 bridgehead atoms. The Kier molecular flexibility index (Phi) is 3.23. The largest absolute Gasteiger partial charge is 0.465 e. The number of hydrogen-bond donors (Lipinski definition) is 1. The first-order chi connectivity index (χ1) is 8.49. The summed E-state index contributed by atoms with van der Waals surface area (Å²) in [5.74, 6) is 0.123. The Balaban J connectivity index is 2.23. The lowest BCUT2D eigenvalue weighted by Crippen LogP contribution is -2.31. The molecule has 1 heterocycles. The van der Waals surface area contributed by atoms with E-state index >= 15 is 0 Å². The second kappa shape index (κ2) is 4.68. The number of carboxylic acid groups (broad SMARTS) is 1. The highest BCUT2D eigenvalue weighted by Gasteiger charge is 2.21. The fraction of sp³-hybridized carbons (Fsp3) is 0.385. The Labute approximate surface area is 106 Å². The molecular formula is C13H16N2O3. The molecule has 1 aliphatic heterocycles. The molecule has 2 rings (SSSR count). The molecule has 2 amide bonds. The Morgan fingerprint density at radius 2 is 2.17 bits per heavy atom. The van der Waals surface area contributed by atoms with Crippen molar-refractivity contribution in [3.05, 3.63) is 29.3 Å². The first-order valence-corrected chi connectivity index (χ1v) is 5.81. The van der Waals surface area contributed by atoms with Crippen LogP contribution in [-0.2, 0) is 17.8 Å². The van der Waals surface area contributed by atoms with Gasteiger partial charge in [-0.05, 0) is 23.6 Å². The molecule has 18 heavy (non-hydrogen) atoms. The molecule has 0 aromatic heterocycles. The van der Waals surface area contributed by atoms with Gasteiger partial charge in [-0.3, -0.25) is 4.79 Å². The number of hydrogen-bond acceptors (Lipinski definition) is 2. The highest BCUT2D eigenvalue weighted by atomic mass is 16.4. The quantitative estimate of drug-likeness (QED) is 0.866. The topological polar surface area (TPSA) is 60.9 Å². The molecule has 0 atom stereocenters. The molecule has 5 nitrogen and oxygen atoms in total. The SMILES string of the molecule is CN(Cc1ccc2c(c1)CCC(=O)N2C)C(=O)O. The van der Waals surface area contributed by atoms with Gasteiger partial charge in [-0.15, -0.1) is 0 Å². The number of benzene rings is 1. The van der Waals surface area contributed by atoms with E-state index in [0.29, 0.717) is 13.0 Å². The first-order valence-electron chi connectivity index (χ1n) is 5.81. The fourth-order valence-corrected chi connectivity index (χ4v) is 2.15. The predicted octanol–water partition coefficient (Wildman–Crippen LogP) is 1.71. The van der Waals surface area contributed by atoms with Crippen molar-refractivity contribution >= 4 is 17.7 Å². The van der Waals surface area contributed by atoms with Crippen molar-refractivity contribution in [1.29, 1.82) is 0 Å². The third-order valence-electron chi connectivity index (χ3n) is 3.23. The molecule has 0 radical (unpaired) electrons. The van der Waals surface area contributed by atoms with Crippen molar-refractivity contribution < 1.29 is 14.7 Å². The summed E-state index contributed by atoms with van der Waals surface area (Å²) in [4.78, 5) is 25.2. The average Bonchev–Trinajstić information content (AvgIpc) is 2.34. The van der Waals surface area contributed by atoms with E-state index < -0.39 is 6.09 Å². The van der Waals surface area contributed by atoms with E-state index in [0.717, 1.165) is 23.2 Å². The van der Waals surface area contributed by atoms with E-state index in [-0.39, 0.29) is 5.91 Å². The van der Waals surface area contributed by atoms with Crippen LogP contribution in [0.15, 0.2) is 18.2 Å². The van der Waals surface area contributed by atoms with Gasteiger partial charge in [0.05, 0.1) is 0 Å². The van der Waals surface area contributed by atoms with Crippen LogP contribution in [0.4, 0.5) is 10.5 Å². The van der Waals surface area contributed by atoms with Crippen molar-refractivity contribution in [2.24, 2.45) is 0 Å². The van der Waals surface area contributed by atoms with Crippen molar-refractivity contribution in [2.45, 2.75) is 19.4 Å². The summed E-state index contributed by atoms with van der Waals surface area (Å²) in [6.07, 6.45) is 0.296. The highest BCUT2D eigenvalue weighted by molar-refractivity contribution is 5.95. The maximum atomic E-state index is 11.5. The zero-order chi connectivity index (χ0) is 13.3. The third kappa shape index (κ3) is 2.30. The normalized spacial score (nSPS) is 14.3. The molecule has 0 aliphatic carbocycles. The van der Waals surface area contributed by atoms with Gasteiger partial charge in [-0.25, -0.2) is 4.79 Å². The number of amides is 2. The number of carbonyl (C=O) groups excluding carboxylic acids is 1. The van der Waals surface area contributed by atoms with Gasteiger partial charge >= 0.3 is 6.09 Å². The summed E-state index contributed by atoms with van der Waals surface area (Å²) in [6.45, 7) is 0.361. The van der Waals surface area contributed by atoms with Gasteiger partial charge in [0.15, 0.2) is 0 Å². The monoisotopic (exact) mass is 248 g/mol. The van der Waals surface area contributed by atoms with Gasteiger partial charge in [0.25, 0.3) is 0 Å². The lowest BCUT2D eigenvalue weighted by molar-refractivity contribution is -0.118. The van der Waals surface area contributed by atoms with Crippen LogP contribution in [0, 0.1) is 0 Å². The standard InChI is InChI=1S/C13H16N2O3/c1-14(13(17)18)8-9-3-5-11-10(7-9)4-6-12(16)15(11)2/h3,5,7H,4,6,8H2,1-2H3,(H,17,18). The molecule has 96 valence electrons. The minimum atomic E-state index is -0.944. The summed E-state index contributed by atoms with van der Waals surface area (Å²) < 4.78 is 0. The van der Waals surface area contributed by atoms with E-state index in [1.54, 1.807) is 11.9 Å². The molecular weight excluding hydrogens is 232 g/mol.